The summed E-state index contributed by atoms with van der Waals surface area (Å²) < 4.78 is 11.4. The van der Waals surface area contributed by atoms with E-state index in [1.165, 1.54) is 0 Å². The highest BCUT2D eigenvalue weighted by molar-refractivity contribution is 9.10. The maximum atomic E-state index is 12.1. The lowest BCUT2D eigenvalue weighted by Crippen LogP contribution is -2.22. The van der Waals surface area contributed by atoms with Crippen LogP contribution in [-0.4, -0.2) is 24.4 Å². The number of ether oxygens (including phenoxy) is 2. The lowest BCUT2D eigenvalue weighted by atomic mass is 10.2. The lowest BCUT2D eigenvalue weighted by molar-refractivity contribution is -0.147. The molecule has 0 saturated carbocycles. The van der Waals surface area contributed by atoms with Gasteiger partial charge in [-0.1, -0.05) is 39.1 Å². The van der Waals surface area contributed by atoms with Gasteiger partial charge in [-0.2, -0.15) is 0 Å². The fourth-order valence-corrected chi connectivity index (χ4v) is 3.53. The Labute approximate surface area is 214 Å². The Morgan fingerprint density at radius 3 is 2.09 bits per heavy atom. The molecule has 3 rings (SSSR count). The van der Waals surface area contributed by atoms with Gasteiger partial charge in [0.1, 0.15) is 11.5 Å². The van der Waals surface area contributed by atoms with Gasteiger partial charge in [0.05, 0.1) is 17.1 Å². The van der Waals surface area contributed by atoms with E-state index in [0.717, 1.165) is 4.47 Å². The molecule has 0 fully saturated rings. The molecule has 0 radical (unpaired) electrons. The van der Waals surface area contributed by atoms with Gasteiger partial charge < -0.3 is 20.1 Å². The highest BCUT2D eigenvalue weighted by Gasteiger charge is 2.12. The molecule has 2 amide bonds. The number of rotatable bonds is 9. The van der Waals surface area contributed by atoms with Crippen LogP contribution in [0.1, 0.15) is 12.8 Å². The third kappa shape index (κ3) is 8.37. The number of esters is 1. The van der Waals surface area contributed by atoms with Gasteiger partial charge in [-0.3, -0.25) is 14.4 Å². The fourth-order valence-electron chi connectivity index (χ4n) is 2.68. The van der Waals surface area contributed by atoms with Crippen LogP contribution in [0.5, 0.6) is 11.5 Å². The van der Waals surface area contributed by atoms with Gasteiger partial charge in [-0.25, -0.2) is 0 Å². The molecule has 3 aromatic rings. The molecule has 0 aliphatic rings. The van der Waals surface area contributed by atoms with Crippen LogP contribution in [-0.2, 0) is 19.1 Å². The van der Waals surface area contributed by atoms with E-state index in [2.05, 4.69) is 26.6 Å². The molecule has 0 aliphatic carbocycles. The minimum Gasteiger partial charge on any atom is -0.457 e. The van der Waals surface area contributed by atoms with E-state index in [-0.39, 0.29) is 18.7 Å². The molecule has 7 nitrogen and oxygen atoms in total. The van der Waals surface area contributed by atoms with Gasteiger partial charge in [-0.05, 0) is 66.7 Å². The monoisotopic (exact) mass is 564 g/mol. The number of hydrogen-bond acceptors (Lipinski definition) is 5. The second kappa shape index (κ2) is 12.4. The van der Waals surface area contributed by atoms with Crippen molar-refractivity contribution in [3.63, 3.8) is 0 Å². The highest BCUT2D eigenvalue weighted by Crippen LogP contribution is 2.26. The molecule has 34 heavy (non-hydrogen) atoms. The average Bonchev–Trinajstić information content (AvgIpc) is 2.81. The number of benzene rings is 3. The summed E-state index contributed by atoms with van der Waals surface area (Å²) >= 11 is 15.2. The maximum Gasteiger partial charge on any atom is 0.306 e. The van der Waals surface area contributed by atoms with Gasteiger partial charge in [-0.15, -0.1) is 0 Å². The van der Waals surface area contributed by atoms with Crippen LogP contribution >= 0.6 is 39.1 Å². The van der Waals surface area contributed by atoms with Crippen LogP contribution < -0.4 is 15.4 Å². The molecule has 3 aromatic carbocycles. The second-order valence-electron chi connectivity index (χ2n) is 6.96. The van der Waals surface area contributed by atoms with Crippen LogP contribution in [0.3, 0.4) is 0 Å². The first-order valence-electron chi connectivity index (χ1n) is 10.0. The Morgan fingerprint density at radius 1 is 0.794 bits per heavy atom. The van der Waals surface area contributed by atoms with Crippen LogP contribution in [0.4, 0.5) is 11.4 Å². The molecular weight excluding hydrogens is 547 g/mol. The van der Waals surface area contributed by atoms with Gasteiger partial charge in [0, 0.05) is 21.6 Å². The Kier molecular flexibility index (Phi) is 9.33. The zero-order chi connectivity index (χ0) is 24.5. The first-order valence-corrected chi connectivity index (χ1v) is 11.6. The molecule has 0 atom stereocenters. The van der Waals surface area contributed by atoms with Crippen LogP contribution in [0.15, 0.2) is 71.2 Å². The average molecular weight is 566 g/mol. The maximum absolute atomic E-state index is 12.1. The summed E-state index contributed by atoms with van der Waals surface area (Å²) in [4.78, 5) is 35.9. The van der Waals surface area contributed by atoms with E-state index in [4.69, 9.17) is 32.7 Å². The Bertz CT molecular complexity index is 1170. The molecule has 0 unspecified atom stereocenters. The van der Waals surface area contributed by atoms with Crippen molar-refractivity contribution in [1.29, 1.82) is 0 Å². The molecule has 176 valence electrons. The van der Waals surface area contributed by atoms with E-state index in [0.29, 0.717) is 32.9 Å². The number of amides is 2. The summed E-state index contributed by atoms with van der Waals surface area (Å²) in [6.07, 6.45) is -0.266. The van der Waals surface area contributed by atoms with Crippen molar-refractivity contribution in [2.24, 2.45) is 0 Å². The van der Waals surface area contributed by atoms with E-state index in [1.54, 1.807) is 66.7 Å². The van der Waals surface area contributed by atoms with Gasteiger partial charge in [0.15, 0.2) is 6.61 Å². The van der Waals surface area contributed by atoms with Gasteiger partial charge >= 0.3 is 5.97 Å². The van der Waals surface area contributed by atoms with Crippen LogP contribution in [0.25, 0.3) is 0 Å². The standard InChI is InChI=1S/C24H19BrCl2N2O5/c25-15-1-10-21(20(27)13-15)29-23(31)14-33-24(32)12-11-22(30)28-17-4-8-19(9-5-17)34-18-6-2-16(26)3-7-18/h1-10,13H,11-12,14H2,(H,28,30)(H,29,31). The first-order chi connectivity index (χ1) is 16.3. The Hall–Kier alpha value is -3.07. The van der Waals surface area contributed by atoms with Crippen molar-refractivity contribution in [2.45, 2.75) is 12.8 Å². The Balaban J connectivity index is 1.37. The minimum atomic E-state index is -0.668. The predicted molar refractivity (Wildman–Crippen MR) is 135 cm³/mol. The van der Waals surface area contributed by atoms with Crippen molar-refractivity contribution in [3.05, 3.63) is 81.2 Å². The zero-order valence-corrected chi connectivity index (χ0v) is 20.7. The molecule has 0 spiro atoms. The number of hydrogen-bond donors (Lipinski definition) is 2. The minimum absolute atomic E-state index is 0.0952. The quantitative estimate of drug-likeness (QED) is 0.291. The molecule has 0 aliphatic heterocycles. The normalized spacial score (nSPS) is 10.3. The van der Waals surface area contributed by atoms with Gasteiger partial charge in [0.25, 0.3) is 5.91 Å². The second-order valence-corrected chi connectivity index (χ2v) is 8.72. The summed E-state index contributed by atoms with van der Waals surface area (Å²) in [5.41, 5.74) is 0.947. The summed E-state index contributed by atoms with van der Waals surface area (Å²) in [6.45, 7) is -0.484. The van der Waals surface area contributed by atoms with E-state index < -0.39 is 18.5 Å². The number of carbonyl (C=O) groups excluding carboxylic acids is 3. The lowest BCUT2D eigenvalue weighted by Gasteiger charge is -2.09. The predicted octanol–water partition coefficient (Wildman–Crippen LogP) is 6.45. The number of carbonyl (C=O) groups is 3. The SMILES string of the molecule is O=C(CCC(=O)OCC(=O)Nc1ccc(Br)cc1Cl)Nc1ccc(Oc2ccc(Cl)cc2)cc1. The molecule has 0 aromatic heterocycles. The molecule has 10 heteroatoms. The summed E-state index contributed by atoms with van der Waals surface area (Å²) in [5, 5.41) is 6.19. The number of halogens is 3. The number of anilines is 2. The molecule has 2 N–H and O–H groups in total. The zero-order valence-electron chi connectivity index (χ0n) is 17.6. The highest BCUT2D eigenvalue weighted by atomic mass is 79.9. The summed E-state index contributed by atoms with van der Waals surface area (Å²) in [5.74, 6) is -0.351. The van der Waals surface area contributed by atoms with Crippen molar-refractivity contribution < 1.29 is 23.9 Å². The Morgan fingerprint density at radius 2 is 1.44 bits per heavy atom. The van der Waals surface area contributed by atoms with Gasteiger partial charge in [0.2, 0.25) is 5.91 Å². The molecular formula is C24H19BrCl2N2O5. The van der Waals surface area contributed by atoms with E-state index in [9.17, 15) is 14.4 Å². The van der Waals surface area contributed by atoms with Crippen molar-refractivity contribution in [3.8, 4) is 11.5 Å². The first kappa shape index (κ1) is 25.6. The molecule has 0 saturated heterocycles. The van der Waals surface area contributed by atoms with Crippen molar-refractivity contribution in [1.82, 2.24) is 0 Å². The topological polar surface area (TPSA) is 93.7 Å². The van der Waals surface area contributed by atoms with E-state index >= 15 is 0 Å². The van der Waals surface area contributed by atoms with Crippen molar-refractivity contribution >= 4 is 68.3 Å². The van der Waals surface area contributed by atoms with E-state index in [1.807, 2.05) is 0 Å². The molecule has 0 bridgehead atoms. The largest absolute Gasteiger partial charge is 0.457 e. The van der Waals surface area contributed by atoms with Crippen molar-refractivity contribution in [2.75, 3.05) is 17.2 Å². The van der Waals surface area contributed by atoms with Crippen LogP contribution in [0.2, 0.25) is 10.0 Å². The van der Waals surface area contributed by atoms with Crippen LogP contribution in [0, 0.1) is 0 Å². The third-order valence-corrected chi connectivity index (χ3v) is 5.37. The molecule has 0 heterocycles. The summed E-state index contributed by atoms with van der Waals surface area (Å²) in [7, 11) is 0. The fraction of sp³-hybridized carbons (Fsp3) is 0.125. The summed E-state index contributed by atoms with van der Waals surface area (Å²) in [6, 6.07) is 18.7. The smallest absolute Gasteiger partial charge is 0.306 e. The third-order valence-electron chi connectivity index (χ3n) is 4.31. The number of nitrogens with one attached hydrogen (secondary N) is 2.